The number of thiazole rings is 1. The minimum Gasteiger partial charge on any atom is -0.309 e. The second-order valence-corrected chi connectivity index (χ2v) is 7.03. The highest BCUT2D eigenvalue weighted by atomic mass is 35.5. The highest BCUT2D eigenvalue weighted by Crippen LogP contribution is 2.35. The van der Waals surface area contributed by atoms with Crippen LogP contribution in [0.15, 0.2) is 60.9 Å². The number of anilines is 1. The van der Waals surface area contributed by atoms with Gasteiger partial charge in [-0.25, -0.2) is 9.50 Å². The van der Waals surface area contributed by atoms with Gasteiger partial charge < -0.3 is 4.90 Å². The van der Waals surface area contributed by atoms with Crippen LogP contribution in [0.25, 0.3) is 16.8 Å². The van der Waals surface area contributed by atoms with Gasteiger partial charge in [-0.1, -0.05) is 47.2 Å². The second kappa shape index (κ2) is 6.31. The molecule has 5 nitrogen and oxygen atoms in total. The number of pyridine rings is 1. The van der Waals surface area contributed by atoms with Crippen LogP contribution in [0.3, 0.4) is 0 Å². The Balaban J connectivity index is 1.72. The smallest absolute Gasteiger partial charge is 0.287 e. The van der Waals surface area contributed by atoms with Gasteiger partial charge in [-0.15, -0.1) is 0 Å². The van der Waals surface area contributed by atoms with Gasteiger partial charge in [-0.3, -0.25) is 4.79 Å². The topological polar surface area (TPSA) is 50.5 Å². The Bertz CT molecular complexity index is 1060. The summed E-state index contributed by atoms with van der Waals surface area (Å²) < 4.78 is 2.23. The van der Waals surface area contributed by atoms with E-state index in [4.69, 9.17) is 11.6 Å². The number of halogens is 1. The minimum atomic E-state index is -0.194. The standard InChI is InChI=1S/C18H13ClN4OS/c1-22(12-7-3-2-4-8-12)18(24)17-21-15(16(19)25-17)13-11-20-23-10-6-5-9-14(13)23/h2-11H,1H3. The molecule has 0 saturated heterocycles. The fourth-order valence-corrected chi connectivity index (χ4v) is 3.73. The van der Waals surface area contributed by atoms with Crippen LogP contribution in [0, 0.1) is 0 Å². The predicted octanol–water partition coefficient (Wildman–Crippen LogP) is 4.39. The second-order valence-electron chi connectivity index (χ2n) is 5.43. The highest BCUT2D eigenvalue weighted by molar-refractivity contribution is 7.18. The van der Waals surface area contributed by atoms with Crippen LogP contribution >= 0.6 is 22.9 Å². The Labute approximate surface area is 153 Å². The molecule has 0 saturated carbocycles. The third kappa shape index (κ3) is 2.79. The molecule has 25 heavy (non-hydrogen) atoms. The molecule has 0 fully saturated rings. The molecule has 0 aliphatic rings. The lowest BCUT2D eigenvalue weighted by atomic mass is 10.2. The van der Waals surface area contributed by atoms with Crippen LogP contribution in [0.5, 0.6) is 0 Å². The molecule has 0 bridgehead atoms. The molecule has 1 aromatic carbocycles. The molecule has 3 heterocycles. The molecule has 0 aliphatic carbocycles. The third-order valence-corrected chi connectivity index (χ3v) is 5.14. The largest absolute Gasteiger partial charge is 0.309 e. The summed E-state index contributed by atoms with van der Waals surface area (Å²) in [5.41, 5.74) is 3.09. The molecule has 3 aromatic heterocycles. The van der Waals surface area contributed by atoms with Gasteiger partial charge in [0.15, 0.2) is 5.01 Å². The maximum atomic E-state index is 12.7. The van der Waals surface area contributed by atoms with Gasteiger partial charge in [0.25, 0.3) is 5.91 Å². The fourth-order valence-electron chi connectivity index (χ4n) is 2.59. The molecule has 4 rings (SSSR count). The maximum absolute atomic E-state index is 12.7. The summed E-state index contributed by atoms with van der Waals surface area (Å²) in [6.45, 7) is 0. The van der Waals surface area contributed by atoms with E-state index in [1.54, 1.807) is 22.7 Å². The Morgan fingerprint density at radius 2 is 1.92 bits per heavy atom. The Kier molecular flexibility index (Phi) is 3.99. The lowest BCUT2D eigenvalue weighted by Gasteiger charge is -2.15. The lowest BCUT2D eigenvalue weighted by Crippen LogP contribution is -2.25. The van der Waals surface area contributed by atoms with Gasteiger partial charge in [-0.2, -0.15) is 5.10 Å². The van der Waals surface area contributed by atoms with Crippen LogP contribution in [0.2, 0.25) is 4.34 Å². The van der Waals surface area contributed by atoms with Gasteiger partial charge in [-0.05, 0) is 24.3 Å². The average molecular weight is 369 g/mol. The van der Waals surface area contributed by atoms with E-state index in [0.29, 0.717) is 15.0 Å². The van der Waals surface area contributed by atoms with Crippen LogP contribution < -0.4 is 4.90 Å². The summed E-state index contributed by atoms with van der Waals surface area (Å²) >= 11 is 7.56. The number of fused-ring (bicyclic) bond motifs is 1. The maximum Gasteiger partial charge on any atom is 0.287 e. The predicted molar refractivity (Wildman–Crippen MR) is 100 cm³/mol. The first-order chi connectivity index (χ1) is 12.1. The molecular formula is C18H13ClN4OS. The zero-order chi connectivity index (χ0) is 17.4. The number of carbonyl (C=O) groups is 1. The van der Waals surface area contributed by atoms with Gasteiger partial charge >= 0.3 is 0 Å². The molecule has 4 aromatic rings. The van der Waals surface area contributed by atoms with Gasteiger partial charge in [0.1, 0.15) is 10.0 Å². The van der Waals surface area contributed by atoms with Crippen molar-refractivity contribution in [3.05, 3.63) is 70.3 Å². The summed E-state index contributed by atoms with van der Waals surface area (Å²) in [6.07, 6.45) is 3.57. The highest BCUT2D eigenvalue weighted by Gasteiger charge is 2.22. The van der Waals surface area contributed by atoms with Crippen LogP contribution in [0.4, 0.5) is 5.69 Å². The zero-order valence-electron chi connectivity index (χ0n) is 13.3. The van der Waals surface area contributed by atoms with Crippen molar-refractivity contribution in [2.75, 3.05) is 11.9 Å². The average Bonchev–Trinajstić information content (AvgIpc) is 3.24. The summed E-state index contributed by atoms with van der Waals surface area (Å²) in [4.78, 5) is 18.8. The van der Waals surface area contributed by atoms with Crippen molar-refractivity contribution in [3.8, 4) is 11.3 Å². The summed E-state index contributed by atoms with van der Waals surface area (Å²) in [7, 11) is 1.72. The normalized spacial score (nSPS) is 11.0. The molecular weight excluding hydrogens is 356 g/mol. The number of nitrogens with zero attached hydrogens (tertiary/aromatic N) is 4. The fraction of sp³-hybridized carbons (Fsp3) is 0.0556. The van der Waals surface area contributed by atoms with Crippen molar-refractivity contribution in [1.82, 2.24) is 14.6 Å². The molecule has 0 aliphatic heterocycles. The SMILES string of the molecule is CN(C(=O)c1nc(-c2cnn3ccccc23)c(Cl)s1)c1ccccc1. The summed E-state index contributed by atoms with van der Waals surface area (Å²) in [5, 5.41) is 4.65. The van der Waals surface area contributed by atoms with Crippen LogP contribution in [-0.4, -0.2) is 27.6 Å². The van der Waals surface area contributed by atoms with Crippen molar-refractivity contribution in [3.63, 3.8) is 0 Å². The van der Waals surface area contributed by atoms with Gasteiger partial charge in [0.05, 0.1) is 11.7 Å². The summed E-state index contributed by atoms with van der Waals surface area (Å²) in [5.74, 6) is -0.194. The van der Waals surface area contributed by atoms with E-state index in [-0.39, 0.29) is 5.91 Å². The van der Waals surface area contributed by atoms with Crippen molar-refractivity contribution in [2.24, 2.45) is 0 Å². The number of carbonyl (C=O) groups excluding carboxylic acids is 1. The molecule has 124 valence electrons. The van der Waals surface area contributed by atoms with Gasteiger partial charge in [0, 0.05) is 24.5 Å². The van der Waals surface area contributed by atoms with Gasteiger partial charge in [0.2, 0.25) is 0 Å². The first-order valence-corrected chi connectivity index (χ1v) is 8.77. The Morgan fingerprint density at radius 1 is 1.16 bits per heavy atom. The van der Waals surface area contributed by atoms with E-state index in [1.807, 2.05) is 54.7 Å². The molecule has 1 amide bonds. The van der Waals surface area contributed by atoms with E-state index in [2.05, 4.69) is 10.1 Å². The Morgan fingerprint density at radius 3 is 2.72 bits per heavy atom. The monoisotopic (exact) mass is 368 g/mol. The first kappa shape index (κ1) is 15.8. The minimum absolute atomic E-state index is 0.194. The number of hydrogen-bond acceptors (Lipinski definition) is 4. The van der Waals surface area contributed by atoms with E-state index in [9.17, 15) is 4.79 Å². The number of aromatic nitrogens is 3. The number of rotatable bonds is 3. The van der Waals surface area contributed by atoms with E-state index in [1.165, 1.54) is 11.3 Å². The number of hydrogen-bond donors (Lipinski definition) is 0. The molecule has 0 radical (unpaired) electrons. The quantitative estimate of drug-likeness (QED) is 0.539. The van der Waals surface area contributed by atoms with E-state index in [0.717, 1.165) is 16.8 Å². The number of benzene rings is 1. The molecule has 0 N–H and O–H groups in total. The van der Waals surface area contributed by atoms with Crippen molar-refractivity contribution in [2.45, 2.75) is 0 Å². The van der Waals surface area contributed by atoms with Crippen molar-refractivity contribution < 1.29 is 4.79 Å². The first-order valence-electron chi connectivity index (χ1n) is 7.57. The molecule has 0 atom stereocenters. The third-order valence-electron chi connectivity index (χ3n) is 3.90. The van der Waals surface area contributed by atoms with Crippen molar-refractivity contribution in [1.29, 1.82) is 0 Å². The molecule has 0 spiro atoms. The van der Waals surface area contributed by atoms with Crippen molar-refractivity contribution >= 4 is 40.0 Å². The zero-order valence-corrected chi connectivity index (χ0v) is 14.8. The summed E-state index contributed by atoms with van der Waals surface area (Å²) in [6, 6.07) is 15.2. The molecule has 7 heteroatoms. The van der Waals surface area contributed by atoms with Crippen LogP contribution in [0.1, 0.15) is 9.80 Å². The van der Waals surface area contributed by atoms with E-state index >= 15 is 0 Å². The lowest BCUT2D eigenvalue weighted by molar-refractivity contribution is 0.0992. The van der Waals surface area contributed by atoms with Crippen LogP contribution in [-0.2, 0) is 0 Å². The van der Waals surface area contributed by atoms with E-state index < -0.39 is 0 Å². The molecule has 0 unspecified atom stereocenters. The number of para-hydroxylation sites is 1. The number of amides is 1. The Hall–Kier alpha value is -2.70.